The molecule has 0 aliphatic heterocycles. The Kier molecular flexibility index (Phi) is 10.7. The van der Waals surface area contributed by atoms with Crippen LogP contribution in [0.5, 0.6) is 23.0 Å². The number of ether oxygens (including phenoxy) is 4. The Balaban J connectivity index is 2.14. The number of rotatable bonds is 16. The van der Waals surface area contributed by atoms with Crippen LogP contribution in [-0.4, -0.2) is 26.4 Å². The summed E-state index contributed by atoms with van der Waals surface area (Å²) in [6.45, 7) is 11.6. The van der Waals surface area contributed by atoms with E-state index in [-0.39, 0.29) is 0 Å². The van der Waals surface area contributed by atoms with Gasteiger partial charge in [0.25, 0.3) is 0 Å². The summed E-state index contributed by atoms with van der Waals surface area (Å²) in [6, 6.07) is 12.6. The minimum absolute atomic E-state index is 0.708. The zero-order chi connectivity index (χ0) is 24.2. The topological polar surface area (TPSA) is 36.9 Å². The van der Waals surface area contributed by atoms with Crippen LogP contribution < -0.4 is 18.9 Å². The van der Waals surface area contributed by atoms with Gasteiger partial charge in [-0.3, -0.25) is 0 Å². The Morgan fingerprint density at radius 1 is 0.412 bits per heavy atom. The van der Waals surface area contributed by atoms with E-state index in [1.807, 2.05) is 24.3 Å². The summed E-state index contributed by atoms with van der Waals surface area (Å²) in [4.78, 5) is 0. The van der Waals surface area contributed by atoms with Crippen LogP contribution >= 0.6 is 0 Å². The third-order valence-corrected chi connectivity index (χ3v) is 6.01. The molecule has 0 heterocycles. The summed E-state index contributed by atoms with van der Waals surface area (Å²) in [6.07, 6.45) is 8.55. The predicted molar refractivity (Wildman–Crippen MR) is 143 cm³/mol. The standard InChI is InChI=1S/C30H42O4/c1-5-9-17-31-27-13-14-28(32-18-10-6-2)24-22-26-25(21-23(24)27)29(33-19-11-7-3)15-16-30(26)34-20-12-8-4/h13-16,21-22H,5-12,17-20H2,1-4H3. The Hall–Kier alpha value is -2.62. The fraction of sp³-hybridized carbons (Fsp3) is 0.533. The van der Waals surface area contributed by atoms with E-state index in [0.29, 0.717) is 26.4 Å². The molecule has 0 saturated heterocycles. The zero-order valence-corrected chi connectivity index (χ0v) is 21.6. The minimum atomic E-state index is 0.708. The molecular formula is C30H42O4. The van der Waals surface area contributed by atoms with Gasteiger partial charge in [0.05, 0.1) is 26.4 Å². The number of hydrogen-bond acceptors (Lipinski definition) is 4. The molecule has 0 radical (unpaired) electrons. The molecule has 34 heavy (non-hydrogen) atoms. The van der Waals surface area contributed by atoms with E-state index in [1.54, 1.807) is 0 Å². The van der Waals surface area contributed by atoms with E-state index in [9.17, 15) is 0 Å². The second-order valence-electron chi connectivity index (χ2n) is 8.88. The Labute approximate surface area is 205 Å². The largest absolute Gasteiger partial charge is 0.493 e. The summed E-state index contributed by atoms with van der Waals surface area (Å²) in [7, 11) is 0. The number of hydrogen-bond donors (Lipinski definition) is 0. The van der Waals surface area contributed by atoms with Crippen LogP contribution in [0.4, 0.5) is 0 Å². The van der Waals surface area contributed by atoms with Crippen LogP contribution in [0.1, 0.15) is 79.1 Å². The molecule has 4 heteroatoms. The van der Waals surface area contributed by atoms with Crippen LogP contribution in [0.3, 0.4) is 0 Å². The lowest BCUT2D eigenvalue weighted by Crippen LogP contribution is -2.02. The molecule has 4 nitrogen and oxygen atoms in total. The van der Waals surface area contributed by atoms with Gasteiger partial charge >= 0.3 is 0 Å². The fourth-order valence-electron chi connectivity index (χ4n) is 3.89. The molecule has 0 spiro atoms. The summed E-state index contributed by atoms with van der Waals surface area (Å²) < 4.78 is 24.8. The molecule has 3 rings (SSSR count). The normalized spacial score (nSPS) is 11.2. The lowest BCUT2D eigenvalue weighted by Gasteiger charge is -2.18. The molecule has 0 unspecified atom stereocenters. The quantitative estimate of drug-likeness (QED) is 0.156. The van der Waals surface area contributed by atoms with Gasteiger partial charge in [-0.05, 0) is 62.1 Å². The van der Waals surface area contributed by atoms with Crippen molar-refractivity contribution in [3.8, 4) is 23.0 Å². The van der Waals surface area contributed by atoms with Crippen molar-refractivity contribution in [3.63, 3.8) is 0 Å². The molecule has 3 aromatic carbocycles. The summed E-state index contributed by atoms with van der Waals surface area (Å²) >= 11 is 0. The van der Waals surface area contributed by atoms with Gasteiger partial charge in [0.15, 0.2) is 0 Å². The molecule has 0 bridgehead atoms. The van der Waals surface area contributed by atoms with Crippen LogP contribution in [-0.2, 0) is 0 Å². The monoisotopic (exact) mass is 466 g/mol. The van der Waals surface area contributed by atoms with Crippen LogP contribution in [0.25, 0.3) is 21.5 Å². The first-order valence-electron chi connectivity index (χ1n) is 13.3. The molecule has 0 fully saturated rings. The maximum Gasteiger partial charge on any atom is 0.127 e. The van der Waals surface area contributed by atoms with Gasteiger partial charge in [-0.15, -0.1) is 0 Å². The zero-order valence-electron chi connectivity index (χ0n) is 21.6. The van der Waals surface area contributed by atoms with Crippen molar-refractivity contribution < 1.29 is 18.9 Å². The second-order valence-corrected chi connectivity index (χ2v) is 8.88. The third-order valence-electron chi connectivity index (χ3n) is 6.01. The van der Waals surface area contributed by atoms with E-state index < -0.39 is 0 Å². The number of unbranched alkanes of at least 4 members (excludes halogenated alkanes) is 4. The van der Waals surface area contributed by atoms with Gasteiger partial charge in [-0.25, -0.2) is 0 Å². The minimum Gasteiger partial charge on any atom is -0.493 e. The molecule has 0 aliphatic rings. The van der Waals surface area contributed by atoms with Gasteiger partial charge in [0.2, 0.25) is 0 Å². The average Bonchev–Trinajstić information content (AvgIpc) is 2.85. The van der Waals surface area contributed by atoms with E-state index in [1.165, 1.54) is 0 Å². The van der Waals surface area contributed by atoms with Gasteiger partial charge in [0, 0.05) is 21.5 Å². The highest BCUT2D eigenvalue weighted by atomic mass is 16.5. The fourth-order valence-corrected chi connectivity index (χ4v) is 3.89. The molecule has 3 aromatic rings. The van der Waals surface area contributed by atoms with E-state index in [2.05, 4.69) is 39.8 Å². The first-order chi connectivity index (χ1) is 16.7. The SMILES string of the molecule is CCCCOc1ccc(OCCCC)c2cc3c(OCCCC)ccc(OCCCC)c3cc12. The molecular weight excluding hydrogens is 424 g/mol. The van der Waals surface area contributed by atoms with Crippen molar-refractivity contribution in [1.29, 1.82) is 0 Å². The van der Waals surface area contributed by atoms with Gasteiger partial charge < -0.3 is 18.9 Å². The van der Waals surface area contributed by atoms with Crippen molar-refractivity contribution in [2.45, 2.75) is 79.1 Å². The summed E-state index contributed by atoms with van der Waals surface area (Å²) in [5, 5.41) is 4.24. The lowest BCUT2D eigenvalue weighted by molar-refractivity contribution is 0.305. The van der Waals surface area contributed by atoms with Crippen molar-refractivity contribution in [2.75, 3.05) is 26.4 Å². The highest BCUT2D eigenvalue weighted by Crippen LogP contribution is 2.42. The van der Waals surface area contributed by atoms with E-state index in [4.69, 9.17) is 18.9 Å². The Morgan fingerprint density at radius 2 is 0.647 bits per heavy atom. The molecule has 0 amide bonds. The molecule has 0 atom stereocenters. The molecule has 186 valence electrons. The lowest BCUT2D eigenvalue weighted by atomic mass is 10.0. The van der Waals surface area contributed by atoms with Gasteiger partial charge in [0.1, 0.15) is 23.0 Å². The number of benzene rings is 3. The van der Waals surface area contributed by atoms with E-state index >= 15 is 0 Å². The van der Waals surface area contributed by atoms with Crippen molar-refractivity contribution in [3.05, 3.63) is 36.4 Å². The maximum atomic E-state index is 6.21. The average molecular weight is 467 g/mol. The van der Waals surface area contributed by atoms with Crippen LogP contribution in [0, 0.1) is 0 Å². The van der Waals surface area contributed by atoms with Crippen molar-refractivity contribution in [2.24, 2.45) is 0 Å². The summed E-state index contributed by atoms with van der Waals surface area (Å²) in [5.74, 6) is 3.57. The Bertz CT molecular complexity index is 866. The van der Waals surface area contributed by atoms with Crippen LogP contribution in [0.2, 0.25) is 0 Å². The first kappa shape index (κ1) is 26.0. The highest BCUT2D eigenvalue weighted by molar-refractivity contribution is 6.07. The molecule has 0 aliphatic carbocycles. The van der Waals surface area contributed by atoms with Crippen molar-refractivity contribution >= 4 is 21.5 Å². The molecule has 0 saturated carbocycles. The second kappa shape index (κ2) is 13.9. The molecule has 0 aromatic heterocycles. The van der Waals surface area contributed by atoms with E-state index in [0.717, 1.165) is 95.9 Å². The molecule has 0 N–H and O–H groups in total. The van der Waals surface area contributed by atoms with Crippen LogP contribution in [0.15, 0.2) is 36.4 Å². The summed E-state index contributed by atoms with van der Waals surface area (Å²) in [5.41, 5.74) is 0. The third kappa shape index (κ3) is 6.71. The Morgan fingerprint density at radius 3 is 0.853 bits per heavy atom. The predicted octanol–water partition coefficient (Wildman–Crippen LogP) is 8.71. The van der Waals surface area contributed by atoms with Crippen molar-refractivity contribution in [1.82, 2.24) is 0 Å². The highest BCUT2D eigenvalue weighted by Gasteiger charge is 2.15. The van der Waals surface area contributed by atoms with Gasteiger partial charge in [-0.2, -0.15) is 0 Å². The maximum absolute atomic E-state index is 6.21. The number of fused-ring (bicyclic) bond motifs is 2. The smallest absolute Gasteiger partial charge is 0.127 e. The first-order valence-corrected chi connectivity index (χ1v) is 13.3. The van der Waals surface area contributed by atoms with Gasteiger partial charge in [-0.1, -0.05) is 53.4 Å².